The lowest BCUT2D eigenvalue weighted by atomic mass is 9.82. The molecule has 0 unspecified atom stereocenters. The summed E-state index contributed by atoms with van der Waals surface area (Å²) in [6.45, 7) is 7.20. The van der Waals surface area contributed by atoms with Gasteiger partial charge in [0.25, 0.3) is 0 Å². The van der Waals surface area contributed by atoms with E-state index in [0.29, 0.717) is 23.8 Å². The molecule has 1 N–H and O–H groups in total. The van der Waals surface area contributed by atoms with Crippen molar-refractivity contribution in [1.29, 1.82) is 0 Å². The molecule has 0 amide bonds. The summed E-state index contributed by atoms with van der Waals surface area (Å²) in [7, 11) is 0. The van der Waals surface area contributed by atoms with Crippen molar-refractivity contribution in [2.45, 2.75) is 39.7 Å². The van der Waals surface area contributed by atoms with Gasteiger partial charge in [-0.2, -0.15) is 0 Å². The summed E-state index contributed by atoms with van der Waals surface area (Å²) in [5, 5.41) is 3.26. The smallest absolute Gasteiger partial charge is 0.146 e. The monoisotopic (exact) mass is 155 g/mol. The van der Waals surface area contributed by atoms with Crippen LogP contribution in [0.4, 0.5) is 0 Å². The highest BCUT2D eigenvalue weighted by Gasteiger charge is 2.27. The van der Waals surface area contributed by atoms with Gasteiger partial charge in [0, 0.05) is 12.5 Å². The molecule has 1 saturated heterocycles. The van der Waals surface area contributed by atoms with Gasteiger partial charge in [-0.3, -0.25) is 4.79 Å². The van der Waals surface area contributed by atoms with Crippen molar-refractivity contribution in [3.05, 3.63) is 0 Å². The molecule has 64 valence electrons. The van der Waals surface area contributed by atoms with Crippen molar-refractivity contribution in [2.75, 3.05) is 6.54 Å². The molecule has 0 aromatic heterocycles. The first kappa shape index (κ1) is 8.72. The van der Waals surface area contributed by atoms with Gasteiger partial charge in [0.1, 0.15) is 5.78 Å². The molecule has 0 radical (unpaired) electrons. The van der Waals surface area contributed by atoms with Crippen molar-refractivity contribution in [2.24, 2.45) is 5.41 Å². The number of ketones is 1. The third-order valence-electron chi connectivity index (χ3n) is 2.30. The first-order valence-electron chi connectivity index (χ1n) is 4.25. The fourth-order valence-electron chi connectivity index (χ4n) is 1.47. The quantitative estimate of drug-likeness (QED) is 0.572. The Labute approximate surface area is 68.4 Å². The molecule has 1 atom stereocenters. The van der Waals surface area contributed by atoms with Crippen LogP contribution in [0.1, 0.15) is 33.6 Å². The molecule has 0 bridgehead atoms. The second-order valence-corrected chi connectivity index (χ2v) is 4.38. The predicted molar refractivity (Wildman–Crippen MR) is 45.5 cm³/mol. The predicted octanol–water partition coefficient (Wildman–Crippen LogP) is 1.35. The van der Waals surface area contributed by atoms with Gasteiger partial charge < -0.3 is 5.32 Å². The molecule has 2 nitrogen and oxygen atoms in total. The molecule has 2 heteroatoms. The van der Waals surface area contributed by atoms with Crippen LogP contribution in [-0.4, -0.2) is 18.4 Å². The van der Waals surface area contributed by atoms with Crippen molar-refractivity contribution in [1.82, 2.24) is 5.32 Å². The van der Waals surface area contributed by atoms with Crippen LogP contribution in [0, 0.1) is 5.41 Å². The minimum atomic E-state index is 0.292. The number of carbonyl (C=O) groups is 1. The lowest BCUT2D eigenvalue weighted by Gasteiger charge is -2.34. The van der Waals surface area contributed by atoms with Crippen LogP contribution in [0.3, 0.4) is 0 Å². The van der Waals surface area contributed by atoms with Crippen LogP contribution in [0.15, 0.2) is 0 Å². The summed E-state index contributed by atoms with van der Waals surface area (Å²) in [6.07, 6.45) is 1.76. The lowest BCUT2D eigenvalue weighted by Crippen LogP contribution is -2.46. The van der Waals surface area contributed by atoms with E-state index < -0.39 is 0 Å². The van der Waals surface area contributed by atoms with E-state index in [-0.39, 0.29) is 0 Å². The molecule has 1 rings (SSSR count). The summed E-state index contributed by atoms with van der Waals surface area (Å²) >= 11 is 0. The summed E-state index contributed by atoms with van der Waals surface area (Å²) in [4.78, 5) is 10.9. The van der Waals surface area contributed by atoms with Gasteiger partial charge >= 0.3 is 0 Å². The van der Waals surface area contributed by atoms with Crippen molar-refractivity contribution < 1.29 is 4.79 Å². The van der Waals surface area contributed by atoms with Gasteiger partial charge in [-0.25, -0.2) is 0 Å². The van der Waals surface area contributed by atoms with E-state index in [1.807, 2.05) is 0 Å². The second-order valence-electron chi connectivity index (χ2n) is 4.38. The number of hydrogen-bond donors (Lipinski definition) is 1. The molecule has 1 heterocycles. The maximum absolute atomic E-state index is 10.9. The fraction of sp³-hybridized carbons (Fsp3) is 0.889. The molecule has 0 spiro atoms. The number of hydrogen-bond acceptors (Lipinski definition) is 2. The number of piperidine rings is 1. The topological polar surface area (TPSA) is 29.1 Å². The van der Waals surface area contributed by atoms with E-state index in [2.05, 4.69) is 26.1 Å². The van der Waals surface area contributed by atoms with Crippen molar-refractivity contribution >= 4 is 5.78 Å². The molecule has 0 aromatic carbocycles. The normalized spacial score (nSPS) is 27.2. The Morgan fingerprint density at radius 1 is 1.45 bits per heavy atom. The SMILES string of the molecule is CC(C)(C)[C@@H]1CCC(=O)CN1. The highest BCUT2D eigenvalue weighted by molar-refractivity contribution is 5.81. The maximum Gasteiger partial charge on any atom is 0.146 e. The second kappa shape index (κ2) is 2.94. The van der Waals surface area contributed by atoms with Gasteiger partial charge in [0.2, 0.25) is 0 Å². The first-order chi connectivity index (χ1) is 5.00. The lowest BCUT2D eigenvalue weighted by molar-refractivity contribution is -0.120. The highest BCUT2D eigenvalue weighted by Crippen LogP contribution is 2.24. The molecular weight excluding hydrogens is 138 g/mol. The number of rotatable bonds is 0. The number of Topliss-reactive ketones (excluding diaryl/α,β-unsaturated/α-hetero) is 1. The van der Waals surface area contributed by atoms with E-state index in [9.17, 15) is 4.79 Å². The molecule has 1 aliphatic rings. The Hall–Kier alpha value is -0.370. The van der Waals surface area contributed by atoms with Crippen LogP contribution in [0.2, 0.25) is 0 Å². The van der Waals surface area contributed by atoms with Gasteiger partial charge in [0.05, 0.1) is 6.54 Å². The standard InChI is InChI=1S/C9H17NO/c1-9(2,3)8-5-4-7(11)6-10-8/h8,10H,4-6H2,1-3H3/t8-/m0/s1. The average Bonchev–Trinajstić information content (AvgIpc) is 1.86. The first-order valence-corrected chi connectivity index (χ1v) is 4.25. The molecular formula is C9H17NO. The van der Waals surface area contributed by atoms with Crippen LogP contribution in [0.25, 0.3) is 0 Å². The molecule has 1 aliphatic heterocycles. The van der Waals surface area contributed by atoms with E-state index in [1.54, 1.807) is 0 Å². The Morgan fingerprint density at radius 3 is 2.45 bits per heavy atom. The summed E-state index contributed by atoms with van der Waals surface area (Å²) in [5.74, 6) is 0.352. The number of carbonyl (C=O) groups excluding carboxylic acids is 1. The van der Waals surface area contributed by atoms with Crippen molar-refractivity contribution in [3.63, 3.8) is 0 Å². The average molecular weight is 155 g/mol. The third kappa shape index (κ3) is 2.29. The zero-order valence-corrected chi connectivity index (χ0v) is 7.61. The Morgan fingerprint density at radius 2 is 2.09 bits per heavy atom. The minimum Gasteiger partial charge on any atom is -0.307 e. The van der Waals surface area contributed by atoms with Gasteiger partial charge in [-0.15, -0.1) is 0 Å². The van der Waals surface area contributed by atoms with Gasteiger partial charge in [0.15, 0.2) is 0 Å². The molecule has 1 fully saturated rings. The Bertz CT molecular complexity index is 147. The molecule has 0 saturated carbocycles. The van der Waals surface area contributed by atoms with Crippen LogP contribution in [0.5, 0.6) is 0 Å². The minimum absolute atomic E-state index is 0.292. The van der Waals surface area contributed by atoms with Crippen LogP contribution < -0.4 is 5.32 Å². The van der Waals surface area contributed by atoms with Gasteiger partial charge in [-0.1, -0.05) is 20.8 Å². The zero-order valence-electron chi connectivity index (χ0n) is 7.61. The largest absolute Gasteiger partial charge is 0.307 e. The summed E-state index contributed by atoms with van der Waals surface area (Å²) in [5.41, 5.74) is 0.292. The maximum atomic E-state index is 10.9. The third-order valence-corrected chi connectivity index (χ3v) is 2.30. The van der Waals surface area contributed by atoms with E-state index >= 15 is 0 Å². The van der Waals surface area contributed by atoms with Crippen molar-refractivity contribution in [3.8, 4) is 0 Å². The molecule has 11 heavy (non-hydrogen) atoms. The number of nitrogens with one attached hydrogen (secondary N) is 1. The highest BCUT2D eigenvalue weighted by atomic mass is 16.1. The van der Waals surface area contributed by atoms with Crippen LogP contribution >= 0.6 is 0 Å². The van der Waals surface area contributed by atoms with E-state index in [1.165, 1.54) is 0 Å². The molecule has 0 aliphatic carbocycles. The van der Waals surface area contributed by atoms with E-state index in [4.69, 9.17) is 0 Å². The summed E-state index contributed by atoms with van der Waals surface area (Å²) in [6, 6.07) is 0.514. The van der Waals surface area contributed by atoms with Crippen LogP contribution in [-0.2, 0) is 4.79 Å². The molecule has 0 aromatic rings. The Kier molecular flexibility index (Phi) is 2.33. The van der Waals surface area contributed by atoms with Gasteiger partial charge in [-0.05, 0) is 11.8 Å². The van der Waals surface area contributed by atoms with E-state index in [0.717, 1.165) is 12.8 Å². The zero-order chi connectivity index (χ0) is 8.48. The fourth-order valence-corrected chi connectivity index (χ4v) is 1.47. The summed E-state index contributed by atoms with van der Waals surface area (Å²) < 4.78 is 0. The Balaban J connectivity index is 2.45.